The van der Waals surface area contributed by atoms with Crippen LogP contribution in [0.1, 0.15) is 22.0 Å². The number of terminal acetylenes is 1. The summed E-state index contributed by atoms with van der Waals surface area (Å²) in [5, 5.41) is 15.2. The Morgan fingerprint density at radius 3 is 2.64 bits per heavy atom. The van der Waals surface area contributed by atoms with Crippen molar-refractivity contribution in [1.29, 1.82) is 0 Å². The van der Waals surface area contributed by atoms with Crippen LogP contribution in [0.4, 0.5) is 5.82 Å². The largest absolute Gasteiger partial charge is 0.394 e. The Hall–Kier alpha value is -2.84. The molecule has 5 heteroatoms. The maximum Gasteiger partial charge on any atom is 0.253 e. The van der Waals surface area contributed by atoms with Crippen LogP contribution in [0.25, 0.3) is 0 Å². The molecule has 0 aliphatic heterocycles. The number of carbonyl (C=O) groups excluding carboxylic acids is 1. The number of anilines is 1. The molecule has 0 radical (unpaired) electrons. The maximum absolute atomic E-state index is 11.7. The normalized spacial score (nSPS) is 11.3. The van der Waals surface area contributed by atoms with Crippen LogP contribution in [0.15, 0.2) is 48.7 Å². The fraction of sp³-hybridized carbons (Fsp3) is 0.176. The molecule has 0 spiro atoms. The lowest BCUT2D eigenvalue weighted by molar-refractivity contribution is 0.0958. The summed E-state index contributed by atoms with van der Waals surface area (Å²) in [5.41, 5.74) is 1.39. The SMILES string of the molecule is C#CCNC(=O)c1ccc(NC(CO)c2ccccc2)nc1. The summed E-state index contributed by atoms with van der Waals surface area (Å²) in [5.74, 6) is 2.65. The average molecular weight is 295 g/mol. The Labute approximate surface area is 129 Å². The van der Waals surface area contributed by atoms with Crippen molar-refractivity contribution in [2.45, 2.75) is 6.04 Å². The highest BCUT2D eigenvalue weighted by Crippen LogP contribution is 2.17. The van der Waals surface area contributed by atoms with E-state index in [2.05, 4.69) is 21.5 Å². The highest BCUT2D eigenvalue weighted by Gasteiger charge is 2.11. The van der Waals surface area contributed by atoms with Crippen LogP contribution >= 0.6 is 0 Å². The molecule has 112 valence electrons. The van der Waals surface area contributed by atoms with E-state index in [1.807, 2.05) is 30.3 Å². The molecule has 1 amide bonds. The van der Waals surface area contributed by atoms with Gasteiger partial charge in [-0.15, -0.1) is 6.42 Å². The third-order valence-electron chi connectivity index (χ3n) is 3.08. The van der Waals surface area contributed by atoms with Crippen molar-refractivity contribution in [3.8, 4) is 12.3 Å². The van der Waals surface area contributed by atoms with Crippen molar-refractivity contribution < 1.29 is 9.90 Å². The van der Waals surface area contributed by atoms with Crippen molar-refractivity contribution in [2.75, 3.05) is 18.5 Å². The van der Waals surface area contributed by atoms with Gasteiger partial charge in [0, 0.05) is 6.20 Å². The minimum absolute atomic E-state index is 0.0594. The zero-order valence-electron chi connectivity index (χ0n) is 12.0. The molecule has 2 rings (SSSR count). The number of rotatable bonds is 6. The first-order valence-corrected chi connectivity index (χ1v) is 6.84. The fourth-order valence-electron chi connectivity index (χ4n) is 1.95. The maximum atomic E-state index is 11.7. The van der Waals surface area contributed by atoms with Gasteiger partial charge in [0.1, 0.15) is 5.82 Å². The van der Waals surface area contributed by atoms with Crippen LogP contribution in [0, 0.1) is 12.3 Å². The third kappa shape index (κ3) is 4.08. The minimum atomic E-state index is -0.265. The molecule has 0 aliphatic carbocycles. The number of aliphatic hydroxyl groups excluding tert-OH is 1. The molecule has 3 N–H and O–H groups in total. The second-order valence-electron chi connectivity index (χ2n) is 4.61. The first kappa shape index (κ1) is 15.5. The van der Waals surface area contributed by atoms with Crippen molar-refractivity contribution >= 4 is 11.7 Å². The zero-order valence-corrected chi connectivity index (χ0v) is 12.0. The average Bonchev–Trinajstić information content (AvgIpc) is 2.58. The summed E-state index contributed by atoms with van der Waals surface area (Å²) in [4.78, 5) is 15.9. The van der Waals surface area contributed by atoms with Crippen LogP contribution in [0.3, 0.4) is 0 Å². The smallest absolute Gasteiger partial charge is 0.253 e. The second kappa shape index (κ2) is 7.81. The molecule has 0 aliphatic rings. The molecule has 1 heterocycles. The number of aromatic nitrogens is 1. The van der Waals surface area contributed by atoms with Crippen LogP contribution in [-0.2, 0) is 0 Å². The van der Waals surface area contributed by atoms with E-state index < -0.39 is 0 Å². The van der Waals surface area contributed by atoms with Gasteiger partial charge in [-0.3, -0.25) is 4.79 Å². The van der Waals surface area contributed by atoms with E-state index >= 15 is 0 Å². The molecular formula is C17H17N3O2. The van der Waals surface area contributed by atoms with Crippen LogP contribution in [-0.4, -0.2) is 29.1 Å². The lowest BCUT2D eigenvalue weighted by Gasteiger charge is -2.17. The predicted octanol–water partition coefficient (Wildman–Crippen LogP) is 1.59. The lowest BCUT2D eigenvalue weighted by Crippen LogP contribution is -2.23. The van der Waals surface area contributed by atoms with Gasteiger partial charge in [-0.2, -0.15) is 0 Å². The van der Waals surface area contributed by atoms with Crippen molar-refractivity contribution in [3.05, 3.63) is 59.8 Å². The van der Waals surface area contributed by atoms with Gasteiger partial charge in [-0.05, 0) is 17.7 Å². The molecule has 0 bridgehead atoms. The number of pyridine rings is 1. The lowest BCUT2D eigenvalue weighted by atomic mass is 10.1. The molecule has 0 fully saturated rings. The standard InChI is InChI=1S/C17H17N3O2/c1-2-10-18-17(22)14-8-9-16(19-11-14)20-15(12-21)13-6-4-3-5-7-13/h1,3-9,11,15,21H,10,12H2,(H,18,22)(H,19,20). The monoisotopic (exact) mass is 295 g/mol. The van der Waals surface area contributed by atoms with Gasteiger partial charge in [0.2, 0.25) is 0 Å². The summed E-state index contributed by atoms with van der Waals surface area (Å²) in [6.45, 7) is 0.121. The van der Waals surface area contributed by atoms with E-state index in [0.717, 1.165) is 5.56 Å². The molecule has 1 unspecified atom stereocenters. The summed E-state index contributed by atoms with van der Waals surface area (Å²) in [7, 11) is 0. The van der Waals surface area contributed by atoms with E-state index in [9.17, 15) is 9.90 Å². The van der Waals surface area contributed by atoms with Crippen molar-refractivity contribution in [1.82, 2.24) is 10.3 Å². The molecular weight excluding hydrogens is 278 g/mol. The van der Waals surface area contributed by atoms with E-state index in [-0.39, 0.29) is 25.1 Å². The number of amides is 1. The van der Waals surface area contributed by atoms with E-state index in [4.69, 9.17) is 6.42 Å². The molecule has 1 aromatic carbocycles. The van der Waals surface area contributed by atoms with Crippen LogP contribution < -0.4 is 10.6 Å². The summed E-state index contributed by atoms with van der Waals surface area (Å²) < 4.78 is 0. The highest BCUT2D eigenvalue weighted by molar-refractivity contribution is 5.94. The number of carbonyl (C=O) groups is 1. The number of hydrogen-bond donors (Lipinski definition) is 3. The molecule has 0 saturated heterocycles. The molecule has 0 saturated carbocycles. The predicted molar refractivity (Wildman–Crippen MR) is 85.3 cm³/mol. The molecule has 2 aromatic rings. The van der Waals surface area contributed by atoms with E-state index in [1.54, 1.807) is 12.1 Å². The first-order chi connectivity index (χ1) is 10.7. The first-order valence-electron chi connectivity index (χ1n) is 6.84. The minimum Gasteiger partial charge on any atom is -0.394 e. The van der Waals surface area contributed by atoms with Gasteiger partial charge in [0.15, 0.2) is 0 Å². The van der Waals surface area contributed by atoms with Gasteiger partial charge in [-0.25, -0.2) is 4.98 Å². The summed E-state index contributed by atoms with van der Waals surface area (Å²) in [6, 6.07) is 12.7. The summed E-state index contributed by atoms with van der Waals surface area (Å²) >= 11 is 0. The van der Waals surface area contributed by atoms with Crippen molar-refractivity contribution in [2.24, 2.45) is 0 Å². The van der Waals surface area contributed by atoms with Gasteiger partial charge >= 0.3 is 0 Å². The summed E-state index contributed by atoms with van der Waals surface area (Å²) in [6.07, 6.45) is 6.56. The van der Waals surface area contributed by atoms with Gasteiger partial charge in [-0.1, -0.05) is 36.3 Å². The Balaban J connectivity index is 2.04. The fourth-order valence-corrected chi connectivity index (χ4v) is 1.95. The molecule has 1 atom stereocenters. The van der Waals surface area contributed by atoms with Gasteiger partial charge in [0.05, 0.1) is 24.8 Å². The third-order valence-corrected chi connectivity index (χ3v) is 3.08. The number of aliphatic hydroxyl groups is 1. The quantitative estimate of drug-likeness (QED) is 0.708. The van der Waals surface area contributed by atoms with Gasteiger partial charge in [0.25, 0.3) is 5.91 Å². The van der Waals surface area contributed by atoms with Crippen LogP contribution in [0.2, 0.25) is 0 Å². The Morgan fingerprint density at radius 1 is 1.27 bits per heavy atom. The van der Waals surface area contributed by atoms with E-state index in [0.29, 0.717) is 11.4 Å². The Kier molecular flexibility index (Phi) is 5.52. The molecule has 1 aromatic heterocycles. The van der Waals surface area contributed by atoms with Crippen molar-refractivity contribution in [3.63, 3.8) is 0 Å². The number of nitrogens with one attached hydrogen (secondary N) is 2. The molecule has 5 nitrogen and oxygen atoms in total. The highest BCUT2D eigenvalue weighted by atomic mass is 16.3. The zero-order chi connectivity index (χ0) is 15.8. The second-order valence-corrected chi connectivity index (χ2v) is 4.61. The molecule has 22 heavy (non-hydrogen) atoms. The number of nitrogens with zero attached hydrogens (tertiary/aromatic N) is 1. The van der Waals surface area contributed by atoms with E-state index in [1.165, 1.54) is 6.20 Å². The van der Waals surface area contributed by atoms with Gasteiger partial charge < -0.3 is 15.7 Å². The van der Waals surface area contributed by atoms with Crippen LogP contribution in [0.5, 0.6) is 0 Å². The number of benzene rings is 1. The number of hydrogen-bond acceptors (Lipinski definition) is 4. The Bertz CT molecular complexity index is 648. The topological polar surface area (TPSA) is 74.2 Å². The Morgan fingerprint density at radius 2 is 2.05 bits per heavy atom.